The topological polar surface area (TPSA) is 76.7 Å². The van der Waals surface area contributed by atoms with Crippen molar-refractivity contribution in [2.75, 3.05) is 20.8 Å². The van der Waals surface area contributed by atoms with Crippen molar-refractivity contribution < 1.29 is 19.1 Å². The van der Waals surface area contributed by atoms with Crippen LogP contribution in [0.2, 0.25) is 0 Å². The van der Waals surface area contributed by atoms with Crippen LogP contribution < -0.4 is 20.1 Å². The Morgan fingerprint density at radius 1 is 0.969 bits per heavy atom. The van der Waals surface area contributed by atoms with E-state index in [1.165, 1.54) is 5.56 Å². The number of carbonyl (C=O) groups excluding carboxylic acids is 2. The molecule has 1 atom stereocenters. The van der Waals surface area contributed by atoms with Gasteiger partial charge in [0, 0.05) is 18.0 Å². The molecule has 172 valence electrons. The molecule has 32 heavy (non-hydrogen) atoms. The summed E-state index contributed by atoms with van der Waals surface area (Å²) in [5, 5.41) is 5.71. The number of rotatable bonds is 9. The molecule has 1 fully saturated rings. The van der Waals surface area contributed by atoms with Crippen molar-refractivity contribution >= 4 is 11.8 Å². The first-order valence-electron chi connectivity index (χ1n) is 11.3. The van der Waals surface area contributed by atoms with Crippen LogP contribution in [0.3, 0.4) is 0 Å². The van der Waals surface area contributed by atoms with Gasteiger partial charge in [-0.1, -0.05) is 49.2 Å². The van der Waals surface area contributed by atoms with Crippen molar-refractivity contribution in [3.8, 4) is 11.5 Å². The van der Waals surface area contributed by atoms with Crippen molar-refractivity contribution in [1.29, 1.82) is 0 Å². The second-order valence-electron chi connectivity index (χ2n) is 8.64. The fraction of sp³-hybridized carbons (Fsp3) is 0.462. The van der Waals surface area contributed by atoms with Crippen molar-refractivity contribution in [1.82, 2.24) is 10.6 Å². The van der Waals surface area contributed by atoms with Gasteiger partial charge in [0.1, 0.15) is 0 Å². The molecule has 0 saturated heterocycles. The molecule has 0 unspecified atom stereocenters. The zero-order chi connectivity index (χ0) is 23.0. The maximum absolute atomic E-state index is 12.5. The Labute approximate surface area is 190 Å². The van der Waals surface area contributed by atoms with Crippen LogP contribution >= 0.6 is 0 Å². The third-order valence-corrected chi connectivity index (χ3v) is 6.44. The lowest BCUT2D eigenvalue weighted by Gasteiger charge is -2.30. The van der Waals surface area contributed by atoms with Crippen LogP contribution in [0.15, 0.2) is 48.5 Å². The molecule has 2 N–H and O–H groups in total. The highest BCUT2D eigenvalue weighted by atomic mass is 16.5. The Kier molecular flexibility index (Phi) is 8.14. The highest BCUT2D eigenvalue weighted by Crippen LogP contribution is 2.43. The molecule has 6 nitrogen and oxygen atoms in total. The summed E-state index contributed by atoms with van der Waals surface area (Å²) in [4.78, 5) is 25.0. The highest BCUT2D eigenvalue weighted by Gasteiger charge is 2.37. The largest absolute Gasteiger partial charge is 0.493 e. The molecule has 1 aliphatic carbocycles. The van der Waals surface area contributed by atoms with Crippen molar-refractivity contribution in [2.45, 2.75) is 56.9 Å². The zero-order valence-corrected chi connectivity index (χ0v) is 19.3. The van der Waals surface area contributed by atoms with Crippen molar-refractivity contribution in [2.24, 2.45) is 0 Å². The molecule has 0 aromatic heterocycles. The molecule has 1 saturated carbocycles. The molecule has 0 heterocycles. The normalized spacial score (nSPS) is 15.6. The monoisotopic (exact) mass is 438 g/mol. The summed E-state index contributed by atoms with van der Waals surface area (Å²) in [6.07, 6.45) is 5.72. The van der Waals surface area contributed by atoms with Crippen LogP contribution in [0, 0.1) is 0 Å². The highest BCUT2D eigenvalue weighted by molar-refractivity contribution is 6.35. The molecule has 2 aromatic carbocycles. The summed E-state index contributed by atoms with van der Waals surface area (Å²) in [6, 6.07) is 16.0. The van der Waals surface area contributed by atoms with Crippen LogP contribution in [-0.4, -0.2) is 38.6 Å². The minimum absolute atomic E-state index is 0.0836. The van der Waals surface area contributed by atoms with Crippen LogP contribution in [-0.2, 0) is 21.4 Å². The lowest BCUT2D eigenvalue weighted by atomic mass is 9.78. The maximum atomic E-state index is 12.5. The van der Waals surface area contributed by atoms with Gasteiger partial charge < -0.3 is 20.1 Å². The van der Waals surface area contributed by atoms with Gasteiger partial charge in [0.15, 0.2) is 11.5 Å². The number of benzene rings is 2. The number of aryl methyl sites for hydroxylation is 1. The Morgan fingerprint density at radius 3 is 2.31 bits per heavy atom. The molecule has 1 aliphatic rings. The summed E-state index contributed by atoms with van der Waals surface area (Å²) in [6.45, 7) is 2.35. The molecule has 2 amide bonds. The van der Waals surface area contributed by atoms with E-state index in [1.54, 1.807) is 14.2 Å². The molecule has 3 rings (SSSR count). The number of ether oxygens (including phenoxy) is 2. The van der Waals surface area contributed by atoms with E-state index >= 15 is 0 Å². The average Bonchev–Trinajstić information content (AvgIpc) is 3.31. The average molecular weight is 439 g/mol. The van der Waals surface area contributed by atoms with Gasteiger partial charge in [-0.15, -0.1) is 0 Å². The number of hydrogen-bond acceptors (Lipinski definition) is 4. The number of nitrogens with one attached hydrogen (secondary N) is 2. The van der Waals surface area contributed by atoms with E-state index in [0.717, 1.165) is 44.1 Å². The third kappa shape index (κ3) is 5.81. The van der Waals surface area contributed by atoms with E-state index in [-0.39, 0.29) is 11.5 Å². The second-order valence-corrected chi connectivity index (χ2v) is 8.64. The first-order valence-corrected chi connectivity index (χ1v) is 11.3. The Balaban J connectivity index is 1.57. The summed E-state index contributed by atoms with van der Waals surface area (Å²) < 4.78 is 10.8. The van der Waals surface area contributed by atoms with Crippen molar-refractivity contribution in [3.05, 3.63) is 59.7 Å². The van der Waals surface area contributed by atoms with Gasteiger partial charge in [0.2, 0.25) is 0 Å². The van der Waals surface area contributed by atoms with Gasteiger partial charge >= 0.3 is 11.8 Å². The Morgan fingerprint density at radius 2 is 1.66 bits per heavy atom. The predicted octanol–water partition coefficient (Wildman–Crippen LogP) is 3.77. The summed E-state index contributed by atoms with van der Waals surface area (Å²) >= 11 is 0. The maximum Gasteiger partial charge on any atom is 0.309 e. The molecule has 0 bridgehead atoms. The lowest BCUT2D eigenvalue weighted by Crippen LogP contribution is -2.47. The van der Waals surface area contributed by atoms with E-state index in [0.29, 0.717) is 18.0 Å². The van der Waals surface area contributed by atoms with E-state index in [1.807, 2.05) is 43.3 Å². The van der Waals surface area contributed by atoms with Gasteiger partial charge in [-0.2, -0.15) is 0 Å². The Bertz CT molecular complexity index is 907. The SMILES string of the molecule is COc1ccc(C2(CNC(=O)C(=O)N[C@@H](C)CCc3ccccc3)CCCC2)cc1OC. The summed E-state index contributed by atoms with van der Waals surface area (Å²) in [5.41, 5.74) is 2.12. The first kappa shape index (κ1) is 23.6. The Hall–Kier alpha value is -3.02. The standard InChI is InChI=1S/C26H34N2O4/c1-19(11-12-20-9-5-4-6-10-20)28-25(30)24(29)27-18-26(15-7-8-16-26)21-13-14-22(31-2)23(17-21)32-3/h4-6,9-10,13-14,17,19H,7-8,11-12,15-16,18H2,1-3H3,(H,27,29)(H,28,30)/t19-/m0/s1. The van der Waals surface area contributed by atoms with Gasteiger partial charge in [-0.05, 0) is 55.9 Å². The van der Waals surface area contributed by atoms with Gasteiger partial charge in [0.25, 0.3) is 0 Å². The quantitative estimate of drug-likeness (QED) is 0.585. The minimum Gasteiger partial charge on any atom is -0.493 e. The van der Waals surface area contributed by atoms with Gasteiger partial charge in [-0.3, -0.25) is 9.59 Å². The predicted molar refractivity (Wildman–Crippen MR) is 125 cm³/mol. The van der Waals surface area contributed by atoms with E-state index in [4.69, 9.17) is 9.47 Å². The third-order valence-electron chi connectivity index (χ3n) is 6.44. The first-order chi connectivity index (χ1) is 15.5. The molecule has 0 aliphatic heterocycles. The van der Waals surface area contributed by atoms with Crippen LogP contribution in [0.5, 0.6) is 11.5 Å². The minimum atomic E-state index is -0.580. The lowest BCUT2D eigenvalue weighted by molar-refractivity contribution is -0.139. The molecular weight excluding hydrogens is 404 g/mol. The molecule has 0 spiro atoms. The molecule has 2 aromatic rings. The van der Waals surface area contributed by atoms with E-state index < -0.39 is 11.8 Å². The number of carbonyl (C=O) groups is 2. The summed E-state index contributed by atoms with van der Waals surface area (Å²) in [5.74, 6) is 0.194. The van der Waals surface area contributed by atoms with Gasteiger partial charge in [0.05, 0.1) is 14.2 Å². The van der Waals surface area contributed by atoms with E-state index in [9.17, 15) is 9.59 Å². The fourth-order valence-corrected chi connectivity index (χ4v) is 4.50. The molecule has 0 radical (unpaired) electrons. The van der Waals surface area contributed by atoms with Gasteiger partial charge in [-0.25, -0.2) is 0 Å². The van der Waals surface area contributed by atoms with Crippen LogP contribution in [0.1, 0.15) is 50.2 Å². The number of methoxy groups -OCH3 is 2. The summed E-state index contributed by atoms with van der Waals surface area (Å²) in [7, 11) is 3.23. The smallest absolute Gasteiger partial charge is 0.309 e. The zero-order valence-electron chi connectivity index (χ0n) is 19.3. The number of hydrogen-bond donors (Lipinski definition) is 2. The van der Waals surface area contributed by atoms with E-state index in [2.05, 4.69) is 22.8 Å². The molecular formula is C26H34N2O4. The second kappa shape index (κ2) is 11.0. The number of amides is 2. The molecule has 6 heteroatoms. The van der Waals surface area contributed by atoms with Crippen LogP contribution in [0.4, 0.5) is 0 Å². The fourth-order valence-electron chi connectivity index (χ4n) is 4.50. The van der Waals surface area contributed by atoms with Crippen LogP contribution in [0.25, 0.3) is 0 Å². The van der Waals surface area contributed by atoms with Crippen molar-refractivity contribution in [3.63, 3.8) is 0 Å².